The first kappa shape index (κ1) is 10.5. The summed E-state index contributed by atoms with van der Waals surface area (Å²) in [5, 5.41) is 17.1. The summed E-state index contributed by atoms with van der Waals surface area (Å²) in [6.07, 6.45) is 3.62. The molecule has 0 unspecified atom stereocenters. The van der Waals surface area contributed by atoms with E-state index in [0.717, 1.165) is 11.1 Å². The van der Waals surface area contributed by atoms with E-state index in [-0.39, 0.29) is 0 Å². The highest BCUT2D eigenvalue weighted by Gasteiger charge is 2.14. The van der Waals surface area contributed by atoms with Crippen LogP contribution in [-0.2, 0) is 0 Å². The van der Waals surface area contributed by atoms with Gasteiger partial charge >= 0.3 is 0 Å². The number of nitrogens with zero attached hydrogens (tertiary/aromatic N) is 6. The largest absolute Gasteiger partial charge is 0.240 e. The maximum atomic E-state index is 5.92. The zero-order valence-corrected chi connectivity index (χ0v) is 10.4. The van der Waals surface area contributed by atoms with Crippen LogP contribution in [0.5, 0.6) is 0 Å². The van der Waals surface area contributed by atoms with Crippen LogP contribution in [0.25, 0.3) is 22.6 Å². The Hall–Kier alpha value is -2.47. The summed E-state index contributed by atoms with van der Waals surface area (Å²) in [6.45, 7) is 0. The molecule has 7 heteroatoms. The van der Waals surface area contributed by atoms with Crippen LogP contribution in [0.3, 0.4) is 0 Å². The molecular weight excluding hydrogens is 264 g/mol. The Bertz CT molecular complexity index is 893. The lowest BCUT2D eigenvalue weighted by Crippen LogP contribution is -1.94. The smallest absolute Gasteiger partial charge is 0.189 e. The molecule has 0 aliphatic rings. The number of halogens is 1. The van der Waals surface area contributed by atoms with Crippen LogP contribution < -0.4 is 0 Å². The van der Waals surface area contributed by atoms with Gasteiger partial charge in [-0.2, -0.15) is 14.7 Å². The van der Waals surface area contributed by atoms with Crippen LogP contribution in [0.1, 0.15) is 0 Å². The van der Waals surface area contributed by atoms with Gasteiger partial charge in [-0.3, -0.25) is 0 Å². The second-order valence-electron chi connectivity index (χ2n) is 4.04. The molecule has 0 spiro atoms. The lowest BCUT2D eigenvalue weighted by atomic mass is 10.2. The van der Waals surface area contributed by atoms with Gasteiger partial charge in [0, 0.05) is 6.20 Å². The number of fused-ring (bicyclic) bond motifs is 2. The Morgan fingerprint density at radius 2 is 2.00 bits per heavy atom. The summed E-state index contributed by atoms with van der Waals surface area (Å²) in [4.78, 5) is 0. The van der Waals surface area contributed by atoms with Gasteiger partial charge in [-0.1, -0.05) is 17.7 Å². The molecule has 4 rings (SSSR count). The van der Waals surface area contributed by atoms with E-state index in [4.69, 9.17) is 11.6 Å². The van der Waals surface area contributed by atoms with Crippen molar-refractivity contribution in [2.24, 2.45) is 0 Å². The lowest BCUT2D eigenvalue weighted by molar-refractivity contribution is 0.937. The Morgan fingerprint density at radius 3 is 2.95 bits per heavy atom. The molecule has 4 aromatic heterocycles. The highest BCUT2D eigenvalue weighted by molar-refractivity contribution is 6.29. The molecule has 0 saturated heterocycles. The van der Waals surface area contributed by atoms with E-state index >= 15 is 0 Å². The third-order valence-corrected chi connectivity index (χ3v) is 3.10. The van der Waals surface area contributed by atoms with E-state index in [9.17, 15) is 0 Å². The predicted octanol–water partition coefficient (Wildman–Crippen LogP) is 2.09. The van der Waals surface area contributed by atoms with Gasteiger partial charge in [0.05, 0.1) is 17.3 Å². The van der Waals surface area contributed by atoms with Gasteiger partial charge < -0.3 is 0 Å². The van der Waals surface area contributed by atoms with Crippen molar-refractivity contribution >= 4 is 22.8 Å². The highest BCUT2D eigenvalue weighted by Crippen LogP contribution is 2.23. The first-order valence-electron chi connectivity index (χ1n) is 5.64. The van der Waals surface area contributed by atoms with Crippen LogP contribution >= 0.6 is 11.6 Å². The minimum atomic E-state index is 0.394. The average molecular weight is 271 g/mol. The van der Waals surface area contributed by atoms with E-state index in [1.165, 1.54) is 0 Å². The Morgan fingerprint density at radius 1 is 1.05 bits per heavy atom. The molecular formula is C12H7ClN6. The molecule has 0 saturated carbocycles. The van der Waals surface area contributed by atoms with E-state index in [1.54, 1.807) is 27.4 Å². The van der Waals surface area contributed by atoms with Crippen molar-refractivity contribution in [2.45, 2.75) is 0 Å². The van der Waals surface area contributed by atoms with Crippen molar-refractivity contribution < 1.29 is 0 Å². The molecule has 0 amide bonds. The fraction of sp³-hybridized carbons (Fsp3) is 0. The number of hydrogen-bond donors (Lipinski definition) is 0. The molecule has 0 aliphatic carbocycles. The molecule has 0 aromatic carbocycles. The van der Waals surface area contributed by atoms with E-state index in [1.807, 2.05) is 24.4 Å². The molecule has 0 aliphatic heterocycles. The molecule has 0 atom stereocenters. The summed E-state index contributed by atoms with van der Waals surface area (Å²) >= 11 is 5.92. The van der Waals surface area contributed by atoms with Gasteiger partial charge in [-0.15, -0.1) is 10.2 Å². The minimum absolute atomic E-state index is 0.394. The molecule has 19 heavy (non-hydrogen) atoms. The quantitative estimate of drug-likeness (QED) is 0.531. The first-order valence-corrected chi connectivity index (χ1v) is 6.01. The number of rotatable bonds is 1. The number of aromatic nitrogens is 6. The Labute approximate surface area is 112 Å². The van der Waals surface area contributed by atoms with E-state index in [2.05, 4.69) is 20.4 Å². The van der Waals surface area contributed by atoms with E-state index in [0.29, 0.717) is 16.6 Å². The fourth-order valence-electron chi connectivity index (χ4n) is 2.04. The summed E-state index contributed by atoms with van der Waals surface area (Å²) in [5.74, 6) is 0.624. The van der Waals surface area contributed by atoms with Gasteiger partial charge in [0.2, 0.25) is 0 Å². The van der Waals surface area contributed by atoms with Crippen molar-refractivity contribution in [3.05, 3.63) is 47.9 Å². The van der Waals surface area contributed by atoms with Crippen LogP contribution in [-0.4, -0.2) is 29.4 Å². The topological polar surface area (TPSA) is 60.4 Å². The Balaban J connectivity index is 2.06. The van der Waals surface area contributed by atoms with Crippen LogP contribution in [0.4, 0.5) is 0 Å². The average Bonchev–Trinajstić information content (AvgIpc) is 3.01. The maximum Gasteiger partial charge on any atom is 0.189 e. The van der Waals surface area contributed by atoms with Crippen LogP contribution in [0.15, 0.2) is 42.7 Å². The van der Waals surface area contributed by atoms with Crippen LogP contribution in [0, 0.1) is 0 Å². The molecule has 4 heterocycles. The third kappa shape index (κ3) is 1.50. The molecule has 0 N–H and O–H groups in total. The van der Waals surface area contributed by atoms with Gasteiger partial charge in [-0.05, 0) is 24.3 Å². The van der Waals surface area contributed by atoms with Crippen molar-refractivity contribution in [1.29, 1.82) is 0 Å². The normalized spacial score (nSPS) is 11.4. The van der Waals surface area contributed by atoms with Gasteiger partial charge in [0.25, 0.3) is 0 Å². The monoisotopic (exact) mass is 270 g/mol. The summed E-state index contributed by atoms with van der Waals surface area (Å²) < 4.78 is 3.40. The third-order valence-electron chi connectivity index (χ3n) is 2.90. The molecule has 0 bridgehead atoms. The van der Waals surface area contributed by atoms with Crippen molar-refractivity contribution in [3.8, 4) is 11.4 Å². The fourth-order valence-corrected chi connectivity index (χ4v) is 2.18. The molecule has 92 valence electrons. The highest BCUT2D eigenvalue weighted by atomic mass is 35.5. The standard InChI is InChI=1S/C12H7ClN6/c13-10-4-5-11-15-16-12(19(11)17-10)8-7-14-18-6-2-1-3-9(8)18/h1-7H. The van der Waals surface area contributed by atoms with Crippen molar-refractivity contribution in [1.82, 2.24) is 29.4 Å². The van der Waals surface area contributed by atoms with Crippen molar-refractivity contribution in [3.63, 3.8) is 0 Å². The zero-order valence-electron chi connectivity index (χ0n) is 9.60. The molecule has 0 fully saturated rings. The number of hydrogen-bond acceptors (Lipinski definition) is 4. The Kier molecular flexibility index (Phi) is 2.07. The predicted molar refractivity (Wildman–Crippen MR) is 70.0 cm³/mol. The second kappa shape index (κ2) is 3.76. The summed E-state index contributed by atoms with van der Waals surface area (Å²) in [7, 11) is 0. The summed E-state index contributed by atoms with van der Waals surface area (Å²) in [6, 6.07) is 9.29. The summed E-state index contributed by atoms with van der Waals surface area (Å²) in [5.41, 5.74) is 2.45. The van der Waals surface area contributed by atoms with Gasteiger partial charge in [0.1, 0.15) is 5.15 Å². The SMILES string of the molecule is Clc1ccc2nnc(-c3cnn4ccccc34)n2n1. The number of pyridine rings is 1. The molecule has 4 aromatic rings. The van der Waals surface area contributed by atoms with Gasteiger partial charge in [-0.25, -0.2) is 4.52 Å². The van der Waals surface area contributed by atoms with Crippen LogP contribution in [0.2, 0.25) is 5.15 Å². The second-order valence-corrected chi connectivity index (χ2v) is 4.43. The van der Waals surface area contributed by atoms with Gasteiger partial charge in [0.15, 0.2) is 11.5 Å². The minimum Gasteiger partial charge on any atom is -0.240 e. The lowest BCUT2D eigenvalue weighted by Gasteiger charge is -1.97. The maximum absolute atomic E-state index is 5.92. The van der Waals surface area contributed by atoms with E-state index < -0.39 is 0 Å². The first-order chi connectivity index (χ1) is 9.33. The van der Waals surface area contributed by atoms with Crippen molar-refractivity contribution in [2.75, 3.05) is 0 Å². The zero-order chi connectivity index (χ0) is 12.8. The molecule has 0 radical (unpaired) electrons. The molecule has 6 nitrogen and oxygen atoms in total.